The van der Waals surface area contributed by atoms with Crippen molar-refractivity contribution < 1.29 is 4.79 Å². The van der Waals surface area contributed by atoms with Crippen molar-refractivity contribution in [3.63, 3.8) is 0 Å². The predicted octanol–water partition coefficient (Wildman–Crippen LogP) is 1.61. The van der Waals surface area contributed by atoms with Gasteiger partial charge in [0.2, 0.25) is 5.91 Å². The van der Waals surface area contributed by atoms with Crippen LogP contribution in [0.3, 0.4) is 0 Å². The van der Waals surface area contributed by atoms with Crippen LogP contribution in [0.25, 0.3) is 0 Å². The molecule has 0 bridgehead atoms. The summed E-state index contributed by atoms with van der Waals surface area (Å²) in [6.45, 7) is 3.92. The number of rotatable bonds is 4. The van der Waals surface area contributed by atoms with Crippen LogP contribution in [0.4, 0.5) is 0 Å². The summed E-state index contributed by atoms with van der Waals surface area (Å²) in [5.41, 5.74) is 0.995. The first kappa shape index (κ1) is 14.0. The molecule has 1 N–H and O–H groups in total. The molecule has 104 valence electrons. The van der Waals surface area contributed by atoms with Crippen LogP contribution in [-0.2, 0) is 11.2 Å². The first-order valence-corrected chi connectivity index (χ1v) is 7.00. The molecule has 0 aliphatic carbocycles. The molecule has 4 heteroatoms. The molecule has 1 saturated heterocycles. The maximum Gasteiger partial charge on any atom is 0.227 e. The van der Waals surface area contributed by atoms with Crippen LogP contribution >= 0.6 is 0 Å². The van der Waals surface area contributed by atoms with E-state index in [0.29, 0.717) is 6.42 Å². The molecule has 19 heavy (non-hydrogen) atoms. The number of nitrogens with one attached hydrogen (secondary N) is 1. The Hall–Kier alpha value is -1.42. The topological polar surface area (TPSA) is 45.2 Å². The lowest BCUT2D eigenvalue weighted by Crippen LogP contribution is -2.57. The number of hydrogen-bond acceptors (Lipinski definition) is 3. The molecule has 1 aromatic heterocycles. The fourth-order valence-corrected chi connectivity index (χ4v) is 2.94. The Bertz CT molecular complexity index is 417. The van der Waals surface area contributed by atoms with Crippen molar-refractivity contribution in [1.82, 2.24) is 15.2 Å². The molecule has 0 spiro atoms. The number of likely N-dealkylation sites (tertiary alicyclic amines) is 1. The van der Waals surface area contributed by atoms with Crippen molar-refractivity contribution in [1.29, 1.82) is 0 Å². The second kappa shape index (κ2) is 6.15. The van der Waals surface area contributed by atoms with Crippen LogP contribution in [0.5, 0.6) is 0 Å². The van der Waals surface area contributed by atoms with Crippen LogP contribution < -0.4 is 5.32 Å². The number of nitrogens with zero attached hydrogens (tertiary/aromatic N) is 2. The Kier molecular flexibility index (Phi) is 4.53. The number of piperidine rings is 1. The first-order valence-electron chi connectivity index (χ1n) is 7.00. The molecule has 1 fully saturated rings. The molecular weight excluding hydrogens is 238 g/mol. The van der Waals surface area contributed by atoms with Gasteiger partial charge in [-0.1, -0.05) is 0 Å². The predicted molar refractivity (Wildman–Crippen MR) is 75.8 cm³/mol. The molecule has 2 rings (SSSR count). The minimum Gasteiger partial charge on any atom is -0.336 e. The summed E-state index contributed by atoms with van der Waals surface area (Å²) >= 11 is 0. The van der Waals surface area contributed by atoms with E-state index >= 15 is 0 Å². The number of pyridine rings is 1. The van der Waals surface area contributed by atoms with Gasteiger partial charge in [-0.05, 0) is 50.9 Å². The van der Waals surface area contributed by atoms with Crippen molar-refractivity contribution in [3.8, 4) is 0 Å². The Morgan fingerprint density at radius 2 is 2.16 bits per heavy atom. The molecule has 0 radical (unpaired) electrons. The Balaban J connectivity index is 2.07. The van der Waals surface area contributed by atoms with Crippen LogP contribution in [0.2, 0.25) is 0 Å². The van der Waals surface area contributed by atoms with E-state index in [1.807, 2.05) is 19.2 Å². The standard InChI is InChI=1S/C15H23N3O/c1-15(12-16-2)7-3-4-10-18(15)14(19)11-13-5-8-17-9-6-13/h5-6,8-9,16H,3-4,7,10-12H2,1-2H3. The van der Waals surface area contributed by atoms with Gasteiger partial charge in [0, 0.05) is 25.5 Å². The number of carbonyl (C=O) groups excluding carboxylic acids is 1. The molecule has 4 nitrogen and oxygen atoms in total. The molecule has 1 atom stereocenters. The van der Waals surface area contributed by atoms with E-state index in [0.717, 1.165) is 31.5 Å². The monoisotopic (exact) mass is 261 g/mol. The maximum atomic E-state index is 12.5. The number of aromatic nitrogens is 1. The van der Waals surface area contributed by atoms with E-state index in [-0.39, 0.29) is 11.4 Å². The Labute approximate surface area is 115 Å². The van der Waals surface area contributed by atoms with Gasteiger partial charge in [-0.2, -0.15) is 0 Å². The van der Waals surface area contributed by atoms with Crippen LogP contribution in [0.1, 0.15) is 31.7 Å². The zero-order chi connectivity index (χ0) is 13.7. The summed E-state index contributed by atoms with van der Waals surface area (Å²) < 4.78 is 0. The first-order chi connectivity index (χ1) is 9.15. The SMILES string of the molecule is CNCC1(C)CCCCN1C(=O)Cc1ccncc1. The third kappa shape index (κ3) is 3.32. The molecule has 0 aromatic carbocycles. The van der Waals surface area contributed by atoms with Crippen molar-refractivity contribution in [2.45, 2.75) is 38.1 Å². The van der Waals surface area contributed by atoms with Gasteiger partial charge in [0.1, 0.15) is 0 Å². The van der Waals surface area contributed by atoms with E-state index in [9.17, 15) is 4.79 Å². The zero-order valence-electron chi connectivity index (χ0n) is 11.9. The second-order valence-corrected chi connectivity index (χ2v) is 5.56. The van der Waals surface area contributed by atoms with Gasteiger partial charge in [0.05, 0.1) is 12.0 Å². The Morgan fingerprint density at radius 3 is 2.84 bits per heavy atom. The van der Waals surface area contributed by atoms with Crippen LogP contribution in [0, 0.1) is 0 Å². The molecule has 2 heterocycles. The maximum absolute atomic E-state index is 12.5. The van der Waals surface area contributed by atoms with Crippen molar-refractivity contribution in [2.24, 2.45) is 0 Å². The summed E-state index contributed by atoms with van der Waals surface area (Å²) in [5, 5.41) is 3.22. The van der Waals surface area contributed by atoms with Gasteiger partial charge in [-0.3, -0.25) is 9.78 Å². The molecule has 1 aliphatic heterocycles. The highest BCUT2D eigenvalue weighted by Gasteiger charge is 2.36. The molecule has 1 aliphatic rings. The average Bonchev–Trinajstić information content (AvgIpc) is 2.40. The summed E-state index contributed by atoms with van der Waals surface area (Å²) in [6, 6.07) is 3.83. The molecule has 1 amide bonds. The summed E-state index contributed by atoms with van der Waals surface area (Å²) in [5.74, 6) is 0.226. The smallest absolute Gasteiger partial charge is 0.227 e. The van der Waals surface area contributed by atoms with Gasteiger partial charge in [-0.15, -0.1) is 0 Å². The van der Waals surface area contributed by atoms with E-state index in [1.54, 1.807) is 12.4 Å². The summed E-state index contributed by atoms with van der Waals surface area (Å²) in [6.07, 6.45) is 7.35. The third-order valence-electron chi connectivity index (χ3n) is 3.96. The quantitative estimate of drug-likeness (QED) is 0.895. The van der Waals surface area contributed by atoms with Gasteiger partial charge in [0.25, 0.3) is 0 Å². The van der Waals surface area contributed by atoms with E-state index in [4.69, 9.17) is 0 Å². The van der Waals surface area contributed by atoms with E-state index in [2.05, 4.69) is 22.1 Å². The van der Waals surface area contributed by atoms with E-state index in [1.165, 1.54) is 6.42 Å². The van der Waals surface area contributed by atoms with Gasteiger partial charge >= 0.3 is 0 Å². The lowest BCUT2D eigenvalue weighted by Gasteiger charge is -2.45. The summed E-state index contributed by atoms with van der Waals surface area (Å²) in [4.78, 5) is 18.6. The molecule has 1 unspecified atom stereocenters. The number of amides is 1. The zero-order valence-corrected chi connectivity index (χ0v) is 11.9. The largest absolute Gasteiger partial charge is 0.336 e. The van der Waals surface area contributed by atoms with Gasteiger partial charge in [-0.25, -0.2) is 0 Å². The lowest BCUT2D eigenvalue weighted by molar-refractivity contribution is -0.138. The minimum atomic E-state index is -0.0445. The molecule has 1 aromatic rings. The Morgan fingerprint density at radius 1 is 1.42 bits per heavy atom. The van der Waals surface area contributed by atoms with Crippen molar-refractivity contribution in [3.05, 3.63) is 30.1 Å². The van der Waals surface area contributed by atoms with Gasteiger partial charge in [0.15, 0.2) is 0 Å². The number of likely N-dealkylation sites (N-methyl/N-ethyl adjacent to an activating group) is 1. The highest BCUT2D eigenvalue weighted by molar-refractivity contribution is 5.79. The van der Waals surface area contributed by atoms with Gasteiger partial charge < -0.3 is 10.2 Å². The average molecular weight is 261 g/mol. The van der Waals surface area contributed by atoms with Crippen LogP contribution in [-0.4, -0.2) is 41.5 Å². The minimum absolute atomic E-state index is 0.0445. The normalized spacial score (nSPS) is 23.4. The van der Waals surface area contributed by atoms with Crippen molar-refractivity contribution in [2.75, 3.05) is 20.1 Å². The number of hydrogen-bond donors (Lipinski definition) is 1. The lowest BCUT2D eigenvalue weighted by atomic mass is 9.87. The fourth-order valence-electron chi connectivity index (χ4n) is 2.94. The molecule has 0 saturated carbocycles. The third-order valence-corrected chi connectivity index (χ3v) is 3.96. The second-order valence-electron chi connectivity index (χ2n) is 5.56. The number of carbonyl (C=O) groups is 1. The van der Waals surface area contributed by atoms with Crippen molar-refractivity contribution >= 4 is 5.91 Å². The molecular formula is C15H23N3O. The fraction of sp³-hybridized carbons (Fsp3) is 0.600. The highest BCUT2D eigenvalue weighted by Crippen LogP contribution is 2.28. The van der Waals surface area contributed by atoms with Crippen LogP contribution in [0.15, 0.2) is 24.5 Å². The highest BCUT2D eigenvalue weighted by atomic mass is 16.2. The van der Waals surface area contributed by atoms with E-state index < -0.39 is 0 Å². The summed E-state index contributed by atoms with van der Waals surface area (Å²) in [7, 11) is 1.95.